The van der Waals surface area contributed by atoms with Gasteiger partial charge in [-0.1, -0.05) is 24.6 Å². The molecular formula is C16H21ClN4O. The van der Waals surface area contributed by atoms with E-state index in [2.05, 4.69) is 10.4 Å². The van der Waals surface area contributed by atoms with Crippen LogP contribution in [0.3, 0.4) is 0 Å². The first-order valence-corrected chi connectivity index (χ1v) is 7.38. The van der Waals surface area contributed by atoms with Crippen LogP contribution in [0.15, 0.2) is 42.7 Å². The molecule has 0 bridgehead atoms. The highest BCUT2D eigenvalue weighted by Crippen LogP contribution is 2.27. The molecule has 0 aliphatic heterocycles. The Morgan fingerprint density at radius 3 is 2.77 bits per heavy atom. The summed E-state index contributed by atoms with van der Waals surface area (Å²) in [5, 5.41) is 7.17. The van der Waals surface area contributed by atoms with Crippen molar-refractivity contribution >= 4 is 24.0 Å². The van der Waals surface area contributed by atoms with Gasteiger partial charge in [0.15, 0.2) is 0 Å². The van der Waals surface area contributed by atoms with Gasteiger partial charge in [-0.2, -0.15) is 5.10 Å². The maximum absolute atomic E-state index is 12.1. The van der Waals surface area contributed by atoms with Crippen molar-refractivity contribution in [2.75, 3.05) is 5.32 Å². The van der Waals surface area contributed by atoms with Gasteiger partial charge in [0.25, 0.3) is 0 Å². The Bertz CT molecular complexity index is 614. The third-order valence-electron chi connectivity index (χ3n) is 4.05. The summed E-state index contributed by atoms with van der Waals surface area (Å²) in [4.78, 5) is 12.1. The fourth-order valence-electron chi connectivity index (χ4n) is 2.88. The predicted molar refractivity (Wildman–Crippen MR) is 89.4 cm³/mol. The largest absolute Gasteiger partial charge is 0.327 e. The molecule has 2 atom stereocenters. The van der Waals surface area contributed by atoms with E-state index in [0.717, 1.165) is 30.6 Å². The monoisotopic (exact) mass is 320 g/mol. The number of nitrogens with two attached hydrogens (primary N) is 1. The van der Waals surface area contributed by atoms with Crippen molar-refractivity contribution < 1.29 is 4.79 Å². The van der Waals surface area contributed by atoms with Crippen LogP contribution >= 0.6 is 12.4 Å². The lowest BCUT2D eigenvalue weighted by Crippen LogP contribution is -2.28. The SMILES string of the molecule is Cl.N[C@@H]1CCC[C@H]1CC(=O)Nc1cnn(-c2ccccc2)c1. The fourth-order valence-corrected chi connectivity index (χ4v) is 2.88. The molecule has 1 aromatic heterocycles. The number of hydrogen-bond donors (Lipinski definition) is 2. The van der Waals surface area contributed by atoms with Crippen molar-refractivity contribution in [2.45, 2.75) is 31.7 Å². The summed E-state index contributed by atoms with van der Waals surface area (Å²) in [5.74, 6) is 0.333. The molecule has 1 amide bonds. The Labute approximate surface area is 136 Å². The topological polar surface area (TPSA) is 72.9 Å². The summed E-state index contributed by atoms with van der Waals surface area (Å²) >= 11 is 0. The van der Waals surface area contributed by atoms with Crippen molar-refractivity contribution in [3.8, 4) is 5.69 Å². The number of benzene rings is 1. The molecule has 0 unspecified atom stereocenters. The third-order valence-corrected chi connectivity index (χ3v) is 4.05. The minimum atomic E-state index is 0. The summed E-state index contributed by atoms with van der Waals surface area (Å²) in [6.45, 7) is 0. The zero-order valence-electron chi connectivity index (χ0n) is 12.3. The second kappa shape index (κ2) is 7.42. The molecule has 1 aromatic carbocycles. The highest BCUT2D eigenvalue weighted by molar-refractivity contribution is 5.90. The summed E-state index contributed by atoms with van der Waals surface area (Å²) in [6, 6.07) is 9.98. The molecule has 0 spiro atoms. The number of hydrogen-bond acceptors (Lipinski definition) is 3. The second-order valence-corrected chi connectivity index (χ2v) is 5.62. The van der Waals surface area contributed by atoms with Gasteiger partial charge in [-0.05, 0) is 30.9 Å². The summed E-state index contributed by atoms with van der Waals surface area (Å²) < 4.78 is 1.75. The number of para-hydroxylation sites is 1. The second-order valence-electron chi connectivity index (χ2n) is 5.62. The van der Waals surface area contributed by atoms with E-state index in [1.165, 1.54) is 0 Å². The lowest BCUT2D eigenvalue weighted by molar-refractivity contribution is -0.117. The van der Waals surface area contributed by atoms with Gasteiger partial charge in [-0.15, -0.1) is 12.4 Å². The maximum Gasteiger partial charge on any atom is 0.224 e. The minimum absolute atomic E-state index is 0. The quantitative estimate of drug-likeness (QED) is 0.909. The number of nitrogens with one attached hydrogen (secondary N) is 1. The van der Waals surface area contributed by atoms with Crippen LogP contribution in [-0.4, -0.2) is 21.7 Å². The number of carbonyl (C=O) groups is 1. The van der Waals surface area contributed by atoms with Crippen molar-refractivity contribution in [3.05, 3.63) is 42.7 Å². The highest BCUT2D eigenvalue weighted by atomic mass is 35.5. The fraction of sp³-hybridized carbons (Fsp3) is 0.375. The van der Waals surface area contributed by atoms with Crippen LogP contribution in [-0.2, 0) is 4.79 Å². The lowest BCUT2D eigenvalue weighted by atomic mass is 10.00. The maximum atomic E-state index is 12.1. The third kappa shape index (κ3) is 3.87. The Morgan fingerprint density at radius 1 is 1.32 bits per heavy atom. The Hall–Kier alpha value is -1.85. The van der Waals surface area contributed by atoms with E-state index < -0.39 is 0 Å². The molecule has 0 saturated heterocycles. The van der Waals surface area contributed by atoms with Crippen molar-refractivity contribution in [3.63, 3.8) is 0 Å². The minimum Gasteiger partial charge on any atom is -0.327 e. The predicted octanol–water partition coefficient (Wildman–Crippen LogP) is 2.75. The van der Waals surface area contributed by atoms with E-state index in [9.17, 15) is 4.79 Å². The van der Waals surface area contributed by atoms with Gasteiger partial charge in [0, 0.05) is 12.5 Å². The van der Waals surface area contributed by atoms with Gasteiger partial charge in [0.2, 0.25) is 5.91 Å². The van der Waals surface area contributed by atoms with Gasteiger partial charge >= 0.3 is 0 Å². The summed E-state index contributed by atoms with van der Waals surface area (Å²) in [6.07, 6.45) is 7.20. The molecule has 1 fully saturated rings. The lowest BCUT2D eigenvalue weighted by Gasteiger charge is -2.14. The number of rotatable bonds is 4. The standard InChI is InChI=1S/C16H20N4O.ClH/c17-15-8-4-5-12(15)9-16(21)19-13-10-18-20(11-13)14-6-2-1-3-7-14;/h1-3,6-7,10-12,15H,4-5,8-9,17H2,(H,19,21);1H/t12-,15+;/m0./s1. The van der Waals surface area contributed by atoms with Crippen LogP contribution in [0, 0.1) is 5.92 Å². The first-order valence-electron chi connectivity index (χ1n) is 7.38. The van der Waals surface area contributed by atoms with Gasteiger partial charge in [-0.25, -0.2) is 4.68 Å². The van der Waals surface area contributed by atoms with Crippen LogP contribution in [0.2, 0.25) is 0 Å². The highest BCUT2D eigenvalue weighted by Gasteiger charge is 2.26. The molecule has 1 aliphatic carbocycles. The normalized spacial score (nSPS) is 20.4. The van der Waals surface area contributed by atoms with Crippen LogP contribution in [0.25, 0.3) is 5.69 Å². The van der Waals surface area contributed by atoms with Gasteiger partial charge < -0.3 is 11.1 Å². The molecule has 5 nitrogen and oxygen atoms in total. The number of nitrogens with zero attached hydrogens (tertiary/aromatic N) is 2. The zero-order valence-corrected chi connectivity index (χ0v) is 13.1. The molecule has 1 saturated carbocycles. The average molecular weight is 321 g/mol. The molecule has 6 heteroatoms. The number of halogens is 1. The van der Waals surface area contributed by atoms with Gasteiger partial charge in [-0.3, -0.25) is 4.79 Å². The smallest absolute Gasteiger partial charge is 0.224 e. The summed E-state index contributed by atoms with van der Waals surface area (Å²) in [7, 11) is 0. The Balaban J connectivity index is 0.00000176. The number of amides is 1. The van der Waals surface area contributed by atoms with Crippen molar-refractivity contribution in [2.24, 2.45) is 11.7 Å². The number of carbonyl (C=O) groups excluding carboxylic acids is 1. The van der Waals surface area contributed by atoms with Crippen LogP contribution in [0.4, 0.5) is 5.69 Å². The average Bonchev–Trinajstić information content (AvgIpc) is 3.10. The van der Waals surface area contributed by atoms with E-state index in [0.29, 0.717) is 12.3 Å². The number of aromatic nitrogens is 2. The first-order chi connectivity index (χ1) is 10.2. The zero-order chi connectivity index (χ0) is 14.7. The van der Waals surface area contributed by atoms with E-state index in [4.69, 9.17) is 5.73 Å². The molecule has 1 heterocycles. The first kappa shape index (κ1) is 16.5. The molecule has 118 valence electrons. The molecule has 3 rings (SSSR count). The number of anilines is 1. The molecule has 3 N–H and O–H groups in total. The molecule has 1 aliphatic rings. The van der Waals surface area contributed by atoms with Crippen molar-refractivity contribution in [1.82, 2.24) is 9.78 Å². The Morgan fingerprint density at radius 2 is 2.09 bits per heavy atom. The van der Waals surface area contributed by atoms with Crippen LogP contribution in [0.5, 0.6) is 0 Å². The van der Waals surface area contributed by atoms with Crippen molar-refractivity contribution in [1.29, 1.82) is 0 Å². The Kier molecular flexibility index (Phi) is 5.57. The molecule has 22 heavy (non-hydrogen) atoms. The molecular weight excluding hydrogens is 300 g/mol. The van der Waals surface area contributed by atoms with Gasteiger partial charge in [0.1, 0.15) is 0 Å². The van der Waals surface area contributed by atoms with E-state index in [1.54, 1.807) is 10.9 Å². The van der Waals surface area contributed by atoms with Crippen LogP contribution in [0.1, 0.15) is 25.7 Å². The van der Waals surface area contributed by atoms with Crippen LogP contribution < -0.4 is 11.1 Å². The summed E-state index contributed by atoms with van der Waals surface area (Å²) in [5.41, 5.74) is 7.69. The van der Waals surface area contributed by atoms with E-state index >= 15 is 0 Å². The molecule has 0 radical (unpaired) electrons. The molecule has 2 aromatic rings. The van der Waals surface area contributed by atoms with Gasteiger partial charge in [0.05, 0.1) is 23.8 Å². The van der Waals surface area contributed by atoms with E-state index in [-0.39, 0.29) is 24.4 Å². The van der Waals surface area contributed by atoms with E-state index in [1.807, 2.05) is 36.5 Å².